The molecule has 0 bridgehead atoms. The summed E-state index contributed by atoms with van der Waals surface area (Å²) in [5.41, 5.74) is -0.476. The fourth-order valence-corrected chi connectivity index (χ4v) is 3.01. The Morgan fingerprint density at radius 1 is 1.13 bits per heavy atom. The maximum absolute atomic E-state index is 13.8. The fraction of sp³-hybridized carbons (Fsp3) is 0.176. The van der Waals surface area contributed by atoms with Crippen LogP contribution in [0.5, 0.6) is 0 Å². The lowest BCUT2D eigenvalue weighted by atomic mass is 9.92. The molecule has 1 aliphatic rings. The van der Waals surface area contributed by atoms with E-state index in [0.717, 1.165) is 4.90 Å². The van der Waals surface area contributed by atoms with Gasteiger partial charge >= 0.3 is 6.03 Å². The lowest BCUT2D eigenvalue weighted by Crippen LogP contribution is -2.41. The molecule has 0 aromatic heterocycles. The van der Waals surface area contributed by atoms with Gasteiger partial charge in [0.15, 0.2) is 0 Å². The summed E-state index contributed by atoms with van der Waals surface area (Å²) in [4.78, 5) is 26.0. The van der Waals surface area contributed by atoms with Crippen LogP contribution in [-0.2, 0) is 16.9 Å². The average Bonchev–Trinajstić information content (AvgIpc) is 2.74. The van der Waals surface area contributed by atoms with Gasteiger partial charge in [-0.1, -0.05) is 48.0 Å². The van der Waals surface area contributed by atoms with Gasteiger partial charge in [-0.05, 0) is 19.1 Å². The first-order chi connectivity index (χ1) is 10.9. The van der Waals surface area contributed by atoms with Gasteiger partial charge in [-0.25, -0.2) is 9.18 Å². The van der Waals surface area contributed by atoms with Gasteiger partial charge in [-0.2, -0.15) is 0 Å². The summed E-state index contributed by atoms with van der Waals surface area (Å²) in [5, 5.41) is 3.04. The molecule has 118 valence electrons. The molecular weight excluding hydrogens is 319 g/mol. The van der Waals surface area contributed by atoms with E-state index in [4.69, 9.17) is 11.6 Å². The Kier molecular flexibility index (Phi) is 3.82. The van der Waals surface area contributed by atoms with Crippen molar-refractivity contribution in [2.24, 2.45) is 0 Å². The van der Waals surface area contributed by atoms with Gasteiger partial charge < -0.3 is 5.32 Å². The van der Waals surface area contributed by atoms with E-state index < -0.39 is 23.3 Å². The molecule has 1 saturated heterocycles. The minimum Gasteiger partial charge on any atom is -0.319 e. The summed E-state index contributed by atoms with van der Waals surface area (Å²) in [6.45, 7) is 1.47. The summed E-state index contributed by atoms with van der Waals surface area (Å²) < 4.78 is 13.8. The SMILES string of the molecule is C[C@]1(c2ccccc2Cl)NC(=O)N(Cc2ccccc2F)C1=O. The van der Waals surface area contributed by atoms with E-state index in [1.165, 1.54) is 6.07 Å². The molecule has 0 spiro atoms. The van der Waals surface area contributed by atoms with Gasteiger partial charge in [-0.15, -0.1) is 0 Å². The molecule has 2 aromatic carbocycles. The number of rotatable bonds is 3. The van der Waals surface area contributed by atoms with Crippen molar-refractivity contribution in [3.05, 3.63) is 70.5 Å². The first-order valence-electron chi connectivity index (χ1n) is 7.06. The molecule has 2 aromatic rings. The number of carbonyl (C=O) groups is 2. The van der Waals surface area contributed by atoms with Crippen LogP contribution < -0.4 is 5.32 Å². The first kappa shape index (κ1) is 15.5. The number of benzene rings is 2. The van der Waals surface area contributed by atoms with Crippen LogP contribution in [-0.4, -0.2) is 16.8 Å². The zero-order valence-corrected chi connectivity index (χ0v) is 13.1. The molecular formula is C17H14ClFN2O2. The highest BCUT2D eigenvalue weighted by molar-refractivity contribution is 6.32. The zero-order valence-electron chi connectivity index (χ0n) is 12.3. The van der Waals surface area contributed by atoms with E-state index in [-0.39, 0.29) is 12.1 Å². The zero-order chi connectivity index (χ0) is 16.6. The molecule has 0 saturated carbocycles. The van der Waals surface area contributed by atoms with E-state index in [1.54, 1.807) is 49.4 Å². The van der Waals surface area contributed by atoms with Gasteiger partial charge in [0.2, 0.25) is 0 Å². The highest BCUT2D eigenvalue weighted by Gasteiger charge is 2.49. The second kappa shape index (κ2) is 5.66. The third-order valence-electron chi connectivity index (χ3n) is 3.97. The topological polar surface area (TPSA) is 49.4 Å². The van der Waals surface area contributed by atoms with Crippen molar-refractivity contribution in [2.75, 3.05) is 0 Å². The third kappa shape index (κ3) is 2.57. The molecule has 3 amide bonds. The van der Waals surface area contributed by atoms with Crippen LogP contribution in [0.15, 0.2) is 48.5 Å². The number of hydrogen-bond acceptors (Lipinski definition) is 2. The van der Waals surface area contributed by atoms with Crippen molar-refractivity contribution in [3.63, 3.8) is 0 Å². The van der Waals surface area contributed by atoms with E-state index in [2.05, 4.69) is 5.32 Å². The van der Waals surface area contributed by atoms with E-state index in [0.29, 0.717) is 10.6 Å². The third-order valence-corrected chi connectivity index (χ3v) is 4.30. The maximum atomic E-state index is 13.8. The predicted octanol–water partition coefficient (Wildman–Crippen LogP) is 3.45. The molecule has 1 atom stereocenters. The molecule has 0 unspecified atom stereocenters. The Hall–Kier alpha value is -2.40. The van der Waals surface area contributed by atoms with Crippen LogP contribution in [0, 0.1) is 5.82 Å². The lowest BCUT2D eigenvalue weighted by Gasteiger charge is -2.23. The van der Waals surface area contributed by atoms with Crippen molar-refractivity contribution >= 4 is 23.5 Å². The summed E-state index contributed by atoms with van der Waals surface area (Å²) in [6.07, 6.45) is 0. The summed E-state index contributed by atoms with van der Waals surface area (Å²) in [6, 6.07) is 12.3. The number of nitrogens with one attached hydrogen (secondary N) is 1. The summed E-state index contributed by atoms with van der Waals surface area (Å²) in [5.74, 6) is -0.918. The van der Waals surface area contributed by atoms with Crippen molar-refractivity contribution in [3.8, 4) is 0 Å². The monoisotopic (exact) mass is 332 g/mol. The number of urea groups is 1. The predicted molar refractivity (Wildman–Crippen MR) is 84.3 cm³/mol. The Balaban J connectivity index is 1.94. The molecule has 0 radical (unpaired) electrons. The number of carbonyl (C=O) groups excluding carboxylic acids is 2. The number of hydrogen-bond donors (Lipinski definition) is 1. The van der Waals surface area contributed by atoms with Gasteiger partial charge in [-0.3, -0.25) is 9.69 Å². The van der Waals surface area contributed by atoms with E-state index in [1.807, 2.05) is 0 Å². The highest BCUT2D eigenvalue weighted by atomic mass is 35.5. The van der Waals surface area contributed by atoms with E-state index >= 15 is 0 Å². The average molecular weight is 333 g/mol. The van der Waals surface area contributed by atoms with Crippen LogP contribution in [0.2, 0.25) is 5.02 Å². The lowest BCUT2D eigenvalue weighted by molar-refractivity contribution is -0.131. The van der Waals surface area contributed by atoms with Crippen LogP contribution >= 0.6 is 11.6 Å². The molecule has 1 N–H and O–H groups in total. The van der Waals surface area contributed by atoms with Crippen molar-refractivity contribution < 1.29 is 14.0 Å². The minimum absolute atomic E-state index is 0.128. The fourth-order valence-electron chi connectivity index (χ4n) is 2.69. The van der Waals surface area contributed by atoms with Crippen LogP contribution in [0.1, 0.15) is 18.1 Å². The van der Waals surface area contributed by atoms with Gasteiger partial charge in [0, 0.05) is 16.1 Å². The van der Waals surface area contributed by atoms with Crippen LogP contribution in [0.3, 0.4) is 0 Å². The first-order valence-corrected chi connectivity index (χ1v) is 7.44. The molecule has 4 nitrogen and oxygen atoms in total. The van der Waals surface area contributed by atoms with Crippen molar-refractivity contribution in [1.29, 1.82) is 0 Å². The minimum atomic E-state index is -1.26. The van der Waals surface area contributed by atoms with Gasteiger partial charge in [0.1, 0.15) is 11.4 Å². The highest BCUT2D eigenvalue weighted by Crippen LogP contribution is 2.34. The van der Waals surface area contributed by atoms with Crippen molar-refractivity contribution in [1.82, 2.24) is 10.2 Å². The Morgan fingerprint density at radius 2 is 1.78 bits per heavy atom. The Bertz CT molecular complexity index is 796. The maximum Gasteiger partial charge on any atom is 0.325 e. The quantitative estimate of drug-likeness (QED) is 0.875. The smallest absolute Gasteiger partial charge is 0.319 e. The van der Waals surface area contributed by atoms with Gasteiger partial charge in [0.25, 0.3) is 5.91 Å². The molecule has 1 aliphatic heterocycles. The van der Waals surface area contributed by atoms with Gasteiger partial charge in [0.05, 0.1) is 6.54 Å². The summed E-state index contributed by atoms with van der Waals surface area (Å²) in [7, 11) is 0. The van der Waals surface area contributed by atoms with Crippen molar-refractivity contribution in [2.45, 2.75) is 19.0 Å². The Labute approximate surface area is 137 Å². The Morgan fingerprint density at radius 3 is 2.48 bits per heavy atom. The molecule has 0 aliphatic carbocycles. The number of halogens is 2. The number of imide groups is 1. The second-order valence-electron chi connectivity index (χ2n) is 5.52. The largest absolute Gasteiger partial charge is 0.325 e. The second-order valence-corrected chi connectivity index (χ2v) is 5.92. The molecule has 1 fully saturated rings. The van der Waals surface area contributed by atoms with Crippen LogP contribution in [0.25, 0.3) is 0 Å². The molecule has 1 heterocycles. The summed E-state index contributed by atoms with van der Waals surface area (Å²) >= 11 is 6.16. The number of amides is 3. The van der Waals surface area contributed by atoms with E-state index in [9.17, 15) is 14.0 Å². The normalized spacial score (nSPS) is 20.7. The molecule has 6 heteroatoms. The standard InChI is InChI=1S/C17H14ClFN2O2/c1-17(12-7-3-4-8-13(12)18)15(22)21(16(23)20-17)10-11-6-2-5-9-14(11)19/h2-9H,10H2,1H3,(H,20,23)/t17-/m1/s1. The van der Waals surface area contributed by atoms with Crippen LogP contribution in [0.4, 0.5) is 9.18 Å². The molecule has 3 rings (SSSR count). The number of nitrogens with zero attached hydrogens (tertiary/aromatic N) is 1. The molecule has 23 heavy (non-hydrogen) atoms.